The lowest BCUT2D eigenvalue weighted by molar-refractivity contribution is -0.870. The lowest BCUT2D eigenvalue weighted by Crippen LogP contribution is -2.37. The summed E-state index contributed by atoms with van der Waals surface area (Å²) in [6, 6.07) is 0. The van der Waals surface area contributed by atoms with Crippen molar-refractivity contribution < 1.29 is 42.1 Å². The van der Waals surface area contributed by atoms with Crippen molar-refractivity contribution in [3.05, 3.63) is 60.8 Å². The third-order valence-electron chi connectivity index (χ3n) is 16.6. The summed E-state index contributed by atoms with van der Waals surface area (Å²) in [7, 11) is 1.49. The normalized spacial score (nSPS) is 13.4. The number of unbranched alkanes of at least 4 members (excludes halogenated alkanes) is 45. The van der Waals surface area contributed by atoms with Crippen molar-refractivity contribution in [2.24, 2.45) is 0 Å². The summed E-state index contributed by atoms with van der Waals surface area (Å²) < 4.78 is 34.8. The minimum Gasteiger partial charge on any atom is -0.462 e. The van der Waals surface area contributed by atoms with E-state index >= 15 is 0 Å². The largest absolute Gasteiger partial charge is 0.472 e. The second-order valence-corrected chi connectivity index (χ2v) is 27.8. The molecule has 0 saturated heterocycles. The van der Waals surface area contributed by atoms with Crippen molar-refractivity contribution in [2.45, 2.75) is 367 Å². The van der Waals surface area contributed by atoms with Gasteiger partial charge in [0.05, 0.1) is 27.7 Å². The monoisotopic (exact) mass is 1230 g/mol. The number of rotatable bonds is 69. The van der Waals surface area contributed by atoms with E-state index in [1.54, 1.807) is 0 Å². The topological polar surface area (TPSA) is 108 Å². The molecular formula is C76H143NO8P+. The molecule has 10 heteroatoms. The Kier molecular flexibility index (Phi) is 65.3. The van der Waals surface area contributed by atoms with Gasteiger partial charge in [0.2, 0.25) is 0 Å². The molecule has 0 aliphatic heterocycles. The molecule has 504 valence electrons. The van der Waals surface area contributed by atoms with Gasteiger partial charge < -0.3 is 18.9 Å². The molecule has 0 bridgehead atoms. The molecule has 0 fully saturated rings. The van der Waals surface area contributed by atoms with Crippen LogP contribution in [0.1, 0.15) is 361 Å². The van der Waals surface area contributed by atoms with E-state index < -0.39 is 26.5 Å². The number of likely N-dealkylation sites (N-methyl/N-ethyl adjacent to an activating group) is 1. The van der Waals surface area contributed by atoms with Gasteiger partial charge in [-0.25, -0.2) is 4.57 Å². The van der Waals surface area contributed by atoms with E-state index in [1.807, 2.05) is 21.1 Å². The number of esters is 2. The molecule has 0 aliphatic rings. The number of quaternary nitrogens is 1. The molecule has 2 atom stereocenters. The second-order valence-electron chi connectivity index (χ2n) is 26.3. The van der Waals surface area contributed by atoms with Gasteiger partial charge >= 0.3 is 19.8 Å². The molecule has 0 aromatic heterocycles. The minimum atomic E-state index is -4.39. The molecule has 0 radical (unpaired) electrons. The van der Waals surface area contributed by atoms with Gasteiger partial charge in [-0.05, 0) is 57.8 Å². The van der Waals surface area contributed by atoms with E-state index in [0.717, 1.165) is 70.6 Å². The lowest BCUT2D eigenvalue weighted by Gasteiger charge is -2.24. The Hall–Kier alpha value is -2.29. The number of hydrogen-bond donors (Lipinski definition) is 1. The van der Waals surface area contributed by atoms with Crippen LogP contribution in [0.3, 0.4) is 0 Å². The van der Waals surface area contributed by atoms with E-state index in [9.17, 15) is 19.0 Å². The average Bonchev–Trinajstić information content (AvgIpc) is 3.67. The number of allylic oxidation sites excluding steroid dienone is 10. The molecule has 2 unspecified atom stereocenters. The molecule has 0 heterocycles. The van der Waals surface area contributed by atoms with E-state index in [1.165, 1.54) is 257 Å². The lowest BCUT2D eigenvalue weighted by atomic mass is 10.0. The van der Waals surface area contributed by atoms with Crippen molar-refractivity contribution in [3.63, 3.8) is 0 Å². The van der Waals surface area contributed by atoms with E-state index in [-0.39, 0.29) is 25.6 Å². The molecule has 9 nitrogen and oxygen atoms in total. The number of phosphoric acid groups is 1. The molecule has 86 heavy (non-hydrogen) atoms. The van der Waals surface area contributed by atoms with Gasteiger partial charge in [-0.1, -0.05) is 351 Å². The number of phosphoric ester groups is 1. The van der Waals surface area contributed by atoms with Crippen molar-refractivity contribution in [1.82, 2.24) is 0 Å². The Balaban J connectivity index is 3.97. The van der Waals surface area contributed by atoms with Crippen molar-refractivity contribution in [3.8, 4) is 0 Å². The zero-order chi connectivity index (χ0) is 62.6. The van der Waals surface area contributed by atoms with Crippen molar-refractivity contribution in [1.29, 1.82) is 0 Å². The fraction of sp³-hybridized carbons (Fsp3) is 0.842. The molecule has 1 N–H and O–H groups in total. The van der Waals surface area contributed by atoms with Crippen LogP contribution in [0, 0.1) is 0 Å². The first-order valence-corrected chi connectivity index (χ1v) is 38.5. The predicted octanol–water partition coefficient (Wildman–Crippen LogP) is 24.2. The van der Waals surface area contributed by atoms with Crippen LogP contribution < -0.4 is 0 Å². The number of ether oxygens (including phenoxy) is 2. The summed E-state index contributed by atoms with van der Waals surface area (Å²) >= 11 is 0. The summed E-state index contributed by atoms with van der Waals surface area (Å²) in [5.41, 5.74) is 0. The highest BCUT2D eigenvalue weighted by Crippen LogP contribution is 2.43. The molecule has 0 aromatic rings. The van der Waals surface area contributed by atoms with E-state index in [0.29, 0.717) is 23.9 Å². The van der Waals surface area contributed by atoms with Gasteiger partial charge in [-0.2, -0.15) is 0 Å². The van der Waals surface area contributed by atoms with Gasteiger partial charge in [-0.3, -0.25) is 18.6 Å². The maximum Gasteiger partial charge on any atom is 0.472 e. The van der Waals surface area contributed by atoms with Gasteiger partial charge in [0.15, 0.2) is 6.10 Å². The first-order valence-electron chi connectivity index (χ1n) is 37.0. The van der Waals surface area contributed by atoms with Gasteiger partial charge in [0.1, 0.15) is 19.8 Å². The Labute approximate surface area is 534 Å². The van der Waals surface area contributed by atoms with Crippen LogP contribution in [-0.4, -0.2) is 74.9 Å². The Bertz CT molecular complexity index is 1630. The fourth-order valence-electron chi connectivity index (χ4n) is 10.9. The first kappa shape index (κ1) is 83.7. The molecule has 0 spiro atoms. The highest BCUT2D eigenvalue weighted by atomic mass is 31.2. The maximum absolute atomic E-state index is 12.9. The Morgan fingerprint density at radius 1 is 0.372 bits per heavy atom. The average molecular weight is 1230 g/mol. The number of carbonyl (C=O) groups excluding carboxylic acids is 2. The molecule has 0 rings (SSSR count). The number of carbonyl (C=O) groups is 2. The summed E-state index contributed by atoms with van der Waals surface area (Å²) in [5, 5.41) is 0. The molecule has 0 saturated carbocycles. The van der Waals surface area contributed by atoms with Crippen molar-refractivity contribution >= 4 is 19.8 Å². The highest BCUT2D eigenvalue weighted by molar-refractivity contribution is 7.47. The van der Waals surface area contributed by atoms with Crippen LogP contribution in [0.4, 0.5) is 0 Å². The van der Waals surface area contributed by atoms with Crippen LogP contribution in [0.2, 0.25) is 0 Å². The van der Waals surface area contributed by atoms with Crippen LogP contribution >= 0.6 is 7.82 Å². The fourth-order valence-corrected chi connectivity index (χ4v) is 11.7. The van der Waals surface area contributed by atoms with Crippen LogP contribution in [0.5, 0.6) is 0 Å². The second kappa shape index (κ2) is 67.1. The summed E-state index contributed by atoms with van der Waals surface area (Å²) in [6.45, 7) is 4.38. The van der Waals surface area contributed by atoms with Crippen LogP contribution in [0.25, 0.3) is 0 Å². The first-order chi connectivity index (χ1) is 42.0. The van der Waals surface area contributed by atoms with E-state index in [4.69, 9.17) is 18.5 Å². The quantitative estimate of drug-likeness (QED) is 0.0211. The predicted molar refractivity (Wildman–Crippen MR) is 372 cm³/mol. The standard InChI is InChI=1S/C76H142NO8P/c1-6-8-10-12-14-16-18-20-22-24-26-28-30-32-34-36-37-38-39-41-42-44-46-48-50-52-54-56-58-60-62-64-66-68-75(78)82-72-74(73-84-86(80,81)83-71-70-77(3,4)5)85-76(79)69-67-65-63-61-59-57-55-53-51-49-47-45-43-40-35-33-31-29-27-25-23-21-19-17-15-13-11-9-7-2/h9,11,15,17,21,23,27,29,33,35,74H,6-8,10,12-14,16,18-20,22,24-26,28,30-32,34,36-73H2,1-5H3/p+1/b11-9-,17-15-,23-21-,29-27-,35-33-. The molecule has 0 aliphatic carbocycles. The zero-order valence-corrected chi connectivity index (χ0v) is 58.5. The SMILES string of the molecule is CC/C=C\C/C=C\C/C=C\C/C=C\C/C=C\CCCCCCCCCCCCCCCC(=O)OC(COC(=O)CCCCCCCCCCCCCCCCCCCCCCCCCCCCCCCCCCC)COP(=O)(O)OCC[N+](C)(C)C. The number of hydrogen-bond acceptors (Lipinski definition) is 7. The third-order valence-corrected chi connectivity index (χ3v) is 17.5. The number of nitrogens with zero attached hydrogens (tertiary/aromatic N) is 1. The Morgan fingerprint density at radius 3 is 0.988 bits per heavy atom. The minimum absolute atomic E-state index is 0.0321. The van der Waals surface area contributed by atoms with E-state index in [2.05, 4.69) is 74.6 Å². The van der Waals surface area contributed by atoms with Gasteiger partial charge in [-0.15, -0.1) is 0 Å². The molecular weight excluding hydrogens is 1090 g/mol. The summed E-state index contributed by atoms with van der Waals surface area (Å²) in [4.78, 5) is 35.9. The van der Waals surface area contributed by atoms with Crippen LogP contribution in [-0.2, 0) is 32.7 Å². The van der Waals surface area contributed by atoms with Crippen LogP contribution in [0.15, 0.2) is 60.8 Å². The highest BCUT2D eigenvalue weighted by Gasteiger charge is 2.27. The molecule has 0 amide bonds. The Morgan fingerprint density at radius 2 is 0.663 bits per heavy atom. The third kappa shape index (κ3) is 70.8. The smallest absolute Gasteiger partial charge is 0.462 e. The zero-order valence-electron chi connectivity index (χ0n) is 57.6. The van der Waals surface area contributed by atoms with Gasteiger partial charge in [0, 0.05) is 12.8 Å². The van der Waals surface area contributed by atoms with Crippen molar-refractivity contribution in [2.75, 3.05) is 47.5 Å². The maximum atomic E-state index is 12.9. The molecule has 0 aromatic carbocycles. The van der Waals surface area contributed by atoms with Gasteiger partial charge in [0.25, 0.3) is 0 Å². The summed E-state index contributed by atoms with van der Waals surface area (Å²) in [5.74, 6) is -0.782. The summed E-state index contributed by atoms with van der Waals surface area (Å²) in [6.07, 6.45) is 89.2.